The molecule has 3 aliphatic heterocycles. The van der Waals surface area contributed by atoms with E-state index in [-0.39, 0.29) is 0 Å². The van der Waals surface area contributed by atoms with Crippen LogP contribution in [0.2, 0.25) is 0 Å². The number of rotatable bonds is 0. The molecule has 2 bridgehead atoms. The Morgan fingerprint density at radius 3 is 2.10 bits per heavy atom. The van der Waals surface area contributed by atoms with Gasteiger partial charge in [0.05, 0.1) is 19.1 Å². The molecule has 3 nitrogen and oxygen atoms in total. The fourth-order valence-corrected chi connectivity index (χ4v) is 2.28. The number of fused-ring (bicyclic) bond motifs is 3. The van der Waals surface area contributed by atoms with Gasteiger partial charge in [-0.2, -0.15) is 5.84 Å². The van der Waals surface area contributed by atoms with Crippen molar-refractivity contribution in [2.24, 2.45) is 17.5 Å². The summed E-state index contributed by atoms with van der Waals surface area (Å²) in [6.45, 7) is 3.31. The van der Waals surface area contributed by atoms with Crippen LogP contribution in [0, 0.1) is 5.92 Å². The Morgan fingerprint density at radius 1 is 1.20 bits per heavy atom. The highest BCUT2D eigenvalue weighted by Gasteiger charge is 2.42. The van der Waals surface area contributed by atoms with E-state index in [1.165, 1.54) is 12.8 Å². The van der Waals surface area contributed by atoms with Crippen molar-refractivity contribution in [3.8, 4) is 0 Å². The lowest BCUT2D eigenvalue weighted by molar-refractivity contribution is -0.954. The van der Waals surface area contributed by atoms with E-state index in [0.29, 0.717) is 6.04 Å². The predicted molar refractivity (Wildman–Crippen MR) is 39.7 cm³/mol. The van der Waals surface area contributed by atoms with Gasteiger partial charge in [0.25, 0.3) is 0 Å². The molecule has 0 aromatic heterocycles. The lowest BCUT2D eigenvalue weighted by Gasteiger charge is -2.47. The number of hydrogen-bond acceptors (Lipinski definition) is 2. The molecular weight excluding hydrogens is 126 g/mol. The molecule has 3 rings (SSSR count). The largest absolute Gasteiger partial charge is 0.323 e. The van der Waals surface area contributed by atoms with Crippen molar-refractivity contribution in [1.29, 1.82) is 0 Å². The Kier molecular flexibility index (Phi) is 1.27. The lowest BCUT2D eigenvalue weighted by Crippen LogP contribution is -2.69. The summed E-state index contributed by atoms with van der Waals surface area (Å²) in [7, 11) is 0. The van der Waals surface area contributed by atoms with E-state index in [4.69, 9.17) is 11.6 Å². The molecule has 0 amide bonds. The molecule has 10 heavy (non-hydrogen) atoms. The normalized spacial score (nSPS) is 53.4. The zero-order valence-electron chi connectivity index (χ0n) is 6.29. The first kappa shape index (κ1) is 6.58. The number of nitrogens with zero attached hydrogens (tertiary/aromatic N) is 1. The Balaban J connectivity index is 2.14. The predicted octanol–water partition coefficient (Wildman–Crippen LogP) is -0.572. The van der Waals surface area contributed by atoms with Crippen LogP contribution in [-0.2, 0) is 0 Å². The fraction of sp³-hybridized carbons (Fsp3) is 1.00. The second kappa shape index (κ2) is 1.94. The Bertz CT molecular complexity index is 138. The average molecular weight is 142 g/mol. The molecule has 1 unspecified atom stereocenters. The highest BCUT2D eigenvalue weighted by atomic mass is 15.6. The minimum Gasteiger partial charge on any atom is -0.323 e. The van der Waals surface area contributed by atoms with Gasteiger partial charge in [0.2, 0.25) is 0 Å². The molecule has 3 aliphatic rings. The van der Waals surface area contributed by atoms with Gasteiger partial charge in [0, 0.05) is 12.8 Å². The summed E-state index contributed by atoms with van der Waals surface area (Å²) in [4.78, 5) is 0. The lowest BCUT2D eigenvalue weighted by atomic mass is 9.84. The zero-order valence-corrected chi connectivity index (χ0v) is 6.29. The maximum atomic E-state index is 6.04. The summed E-state index contributed by atoms with van der Waals surface area (Å²) in [5.41, 5.74) is 5.91. The summed E-state index contributed by atoms with van der Waals surface area (Å²) < 4.78 is 0.748. The second-order valence-corrected chi connectivity index (χ2v) is 3.85. The highest BCUT2D eigenvalue weighted by Crippen LogP contribution is 2.29. The van der Waals surface area contributed by atoms with Gasteiger partial charge >= 0.3 is 0 Å². The SMILES string of the molecule is NC1C[N+]2(N)CCC1CC2. The standard InChI is InChI=1S/C7H16N3/c8-7-5-10(9)3-1-6(7)2-4-10/h6-7H,1-5,8-9H2/q+1. The molecule has 3 heteroatoms. The van der Waals surface area contributed by atoms with Gasteiger partial charge in [-0.15, -0.1) is 0 Å². The summed E-state index contributed by atoms with van der Waals surface area (Å²) >= 11 is 0. The monoisotopic (exact) mass is 142 g/mol. The third-order valence-corrected chi connectivity index (χ3v) is 3.07. The first-order valence-corrected chi connectivity index (χ1v) is 4.10. The smallest absolute Gasteiger partial charge is 0.112 e. The Morgan fingerprint density at radius 2 is 1.80 bits per heavy atom. The molecule has 0 aromatic carbocycles. The van der Waals surface area contributed by atoms with Gasteiger partial charge in [-0.1, -0.05) is 0 Å². The van der Waals surface area contributed by atoms with Crippen LogP contribution in [0.15, 0.2) is 0 Å². The van der Waals surface area contributed by atoms with Crippen LogP contribution in [-0.4, -0.2) is 30.3 Å². The molecular formula is C7H16N3+. The maximum Gasteiger partial charge on any atom is 0.112 e. The van der Waals surface area contributed by atoms with Crippen molar-refractivity contribution in [2.45, 2.75) is 18.9 Å². The van der Waals surface area contributed by atoms with Gasteiger partial charge in [0.15, 0.2) is 0 Å². The Hall–Kier alpha value is -0.120. The molecule has 3 saturated heterocycles. The number of piperidine rings is 3. The van der Waals surface area contributed by atoms with Crippen LogP contribution in [0.4, 0.5) is 0 Å². The molecule has 0 aromatic rings. The van der Waals surface area contributed by atoms with Gasteiger partial charge in [-0.05, 0) is 5.92 Å². The van der Waals surface area contributed by atoms with Crippen molar-refractivity contribution in [3.63, 3.8) is 0 Å². The van der Waals surface area contributed by atoms with Crippen molar-refractivity contribution in [2.75, 3.05) is 19.6 Å². The van der Waals surface area contributed by atoms with Crippen LogP contribution in [0.1, 0.15) is 12.8 Å². The molecule has 1 atom stereocenters. The summed E-state index contributed by atoms with van der Waals surface area (Å²) in [5, 5.41) is 0. The van der Waals surface area contributed by atoms with Gasteiger partial charge in [0.1, 0.15) is 6.54 Å². The number of hydrogen-bond donors (Lipinski definition) is 2. The summed E-state index contributed by atoms with van der Waals surface area (Å²) in [6, 6.07) is 0.382. The van der Waals surface area contributed by atoms with E-state index >= 15 is 0 Å². The Labute approximate surface area is 61.5 Å². The molecule has 3 heterocycles. The average Bonchev–Trinajstić information content (AvgIpc) is 1.87. The van der Waals surface area contributed by atoms with E-state index < -0.39 is 0 Å². The third-order valence-electron chi connectivity index (χ3n) is 3.07. The molecule has 4 N–H and O–H groups in total. The first-order chi connectivity index (χ1) is 4.70. The van der Waals surface area contributed by atoms with E-state index in [1.807, 2.05) is 0 Å². The van der Waals surface area contributed by atoms with Gasteiger partial charge < -0.3 is 5.73 Å². The van der Waals surface area contributed by atoms with Crippen LogP contribution in [0.5, 0.6) is 0 Å². The molecule has 0 aliphatic carbocycles. The van der Waals surface area contributed by atoms with E-state index in [2.05, 4.69) is 0 Å². The molecule has 0 saturated carbocycles. The topological polar surface area (TPSA) is 52.0 Å². The van der Waals surface area contributed by atoms with Crippen LogP contribution in [0.25, 0.3) is 0 Å². The van der Waals surface area contributed by atoms with Crippen molar-refractivity contribution < 1.29 is 4.59 Å². The first-order valence-electron chi connectivity index (χ1n) is 4.10. The second-order valence-electron chi connectivity index (χ2n) is 3.85. The van der Waals surface area contributed by atoms with E-state index in [9.17, 15) is 0 Å². The molecule has 3 fully saturated rings. The van der Waals surface area contributed by atoms with Gasteiger partial charge in [-0.25, -0.2) is 4.59 Å². The number of quaternary nitrogens is 1. The maximum absolute atomic E-state index is 6.04. The molecule has 58 valence electrons. The highest BCUT2D eigenvalue weighted by molar-refractivity contribution is 4.80. The number of nitrogens with two attached hydrogens (primary N) is 2. The van der Waals surface area contributed by atoms with E-state index in [0.717, 1.165) is 30.1 Å². The van der Waals surface area contributed by atoms with Gasteiger partial charge in [-0.3, -0.25) is 0 Å². The summed E-state index contributed by atoms with van der Waals surface area (Å²) in [6.07, 6.45) is 2.50. The van der Waals surface area contributed by atoms with Crippen LogP contribution < -0.4 is 11.6 Å². The van der Waals surface area contributed by atoms with Crippen molar-refractivity contribution >= 4 is 0 Å². The fourth-order valence-electron chi connectivity index (χ4n) is 2.28. The minimum atomic E-state index is 0.382. The van der Waals surface area contributed by atoms with E-state index in [1.54, 1.807) is 0 Å². The van der Waals surface area contributed by atoms with Crippen molar-refractivity contribution in [1.82, 2.24) is 0 Å². The summed E-state index contributed by atoms with van der Waals surface area (Å²) in [5.74, 6) is 6.83. The van der Waals surface area contributed by atoms with Crippen LogP contribution >= 0.6 is 0 Å². The third kappa shape index (κ3) is 0.856. The zero-order chi connectivity index (χ0) is 7.19. The molecule has 0 spiro atoms. The van der Waals surface area contributed by atoms with Crippen LogP contribution in [0.3, 0.4) is 0 Å². The molecule has 0 radical (unpaired) electrons. The minimum absolute atomic E-state index is 0.382. The van der Waals surface area contributed by atoms with Crippen molar-refractivity contribution in [3.05, 3.63) is 0 Å². The quantitative estimate of drug-likeness (QED) is 0.351.